The molecule has 3 heteroatoms. The SMILES string of the molecule is CCCc1cccc(C(=O)c2ccc(Cl)cc2OC)c1. The van der Waals surface area contributed by atoms with E-state index in [2.05, 4.69) is 6.92 Å². The highest BCUT2D eigenvalue weighted by molar-refractivity contribution is 6.31. The molecule has 0 saturated heterocycles. The van der Waals surface area contributed by atoms with Gasteiger partial charge in [-0.3, -0.25) is 4.79 Å². The first kappa shape index (κ1) is 14.6. The standard InChI is InChI=1S/C17H17ClO2/c1-3-5-12-6-4-7-13(10-12)17(19)15-9-8-14(18)11-16(15)20-2/h4,6-11H,3,5H2,1-2H3. The van der Waals surface area contributed by atoms with E-state index in [0.29, 0.717) is 21.9 Å². The van der Waals surface area contributed by atoms with Crippen molar-refractivity contribution in [1.82, 2.24) is 0 Å². The fourth-order valence-electron chi connectivity index (χ4n) is 2.16. The average molecular weight is 289 g/mol. The van der Waals surface area contributed by atoms with Crippen LogP contribution in [0.3, 0.4) is 0 Å². The first-order chi connectivity index (χ1) is 9.65. The van der Waals surface area contributed by atoms with Gasteiger partial charge >= 0.3 is 0 Å². The molecule has 0 saturated carbocycles. The van der Waals surface area contributed by atoms with Crippen molar-refractivity contribution in [3.8, 4) is 5.75 Å². The lowest BCUT2D eigenvalue weighted by atomic mass is 9.99. The molecule has 0 bridgehead atoms. The Labute approximate surface area is 124 Å². The second-order valence-electron chi connectivity index (χ2n) is 4.62. The van der Waals surface area contributed by atoms with E-state index in [9.17, 15) is 4.79 Å². The van der Waals surface area contributed by atoms with E-state index < -0.39 is 0 Å². The topological polar surface area (TPSA) is 26.3 Å². The molecule has 0 aromatic heterocycles. The number of hydrogen-bond donors (Lipinski definition) is 0. The molecule has 0 unspecified atom stereocenters. The van der Waals surface area contributed by atoms with Crippen molar-refractivity contribution >= 4 is 17.4 Å². The molecule has 0 amide bonds. The minimum Gasteiger partial charge on any atom is -0.496 e. The Morgan fingerprint density at radius 2 is 2.00 bits per heavy atom. The Morgan fingerprint density at radius 1 is 1.20 bits per heavy atom. The van der Waals surface area contributed by atoms with Crippen LogP contribution in [-0.4, -0.2) is 12.9 Å². The van der Waals surface area contributed by atoms with Crippen LogP contribution in [-0.2, 0) is 6.42 Å². The molecule has 20 heavy (non-hydrogen) atoms. The van der Waals surface area contributed by atoms with E-state index in [-0.39, 0.29) is 5.78 Å². The highest BCUT2D eigenvalue weighted by atomic mass is 35.5. The molecule has 0 N–H and O–H groups in total. The molecule has 104 valence electrons. The first-order valence-corrected chi connectivity index (χ1v) is 7.00. The molecule has 2 aromatic carbocycles. The molecule has 2 rings (SSSR count). The summed E-state index contributed by atoms with van der Waals surface area (Å²) in [4.78, 5) is 12.6. The van der Waals surface area contributed by atoms with Crippen LogP contribution in [0.1, 0.15) is 34.8 Å². The average Bonchev–Trinajstić information content (AvgIpc) is 2.47. The lowest BCUT2D eigenvalue weighted by Gasteiger charge is -2.09. The predicted molar refractivity (Wildman–Crippen MR) is 81.9 cm³/mol. The molecule has 0 fully saturated rings. The van der Waals surface area contributed by atoms with Crippen molar-refractivity contribution in [1.29, 1.82) is 0 Å². The lowest BCUT2D eigenvalue weighted by molar-refractivity contribution is 0.103. The van der Waals surface area contributed by atoms with Crippen molar-refractivity contribution in [3.05, 3.63) is 64.2 Å². The second kappa shape index (κ2) is 6.58. The van der Waals surface area contributed by atoms with Crippen LogP contribution >= 0.6 is 11.6 Å². The number of aryl methyl sites for hydroxylation is 1. The normalized spacial score (nSPS) is 10.3. The summed E-state index contributed by atoms with van der Waals surface area (Å²) in [6.07, 6.45) is 2.03. The monoisotopic (exact) mass is 288 g/mol. The van der Waals surface area contributed by atoms with Crippen LogP contribution in [0.25, 0.3) is 0 Å². The maximum absolute atomic E-state index is 12.6. The zero-order valence-electron chi connectivity index (χ0n) is 11.7. The van der Waals surface area contributed by atoms with Gasteiger partial charge in [0.25, 0.3) is 0 Å². The summed E-state index contributed by atoms with van der Waals surface area (Å²) >= 11 is 5.92. The number of carbonyl (C=O) groups is 1. The number of benzene rings is 2. The van der Waals surface area contributed by atoms with E-state index >= 15 is 0 Å². The third-order valence-corrected chi connectivity index (χ3v) is 3.37. The molecule has 0 radical (unpaired) electrons. The maximum atomic E-state index is 12.6. The molecule has 2 nitrogen and oxygen atoms in total. The van der Waals surface area contributed by atoms with Gasteiger partial charge in [0.1, 0.15) is 5.75 Å². The number of rotatable bonds is 5. The van der Waals surface area contributed by atoms with Gasteiger partial charge in [0, 0.05) is 10.6 Å². The Bertz CT molecular complexity index is 620. The van der Waals surface area contributed by atoms with Gasteiger partial charge in [-0.2, -0.15) is 0 Å². The minimum atomic E-state index is -0.0449. The van der Waals surface area contributed by atoms with Gasteiger partial charge in [-0.25, -0.2) is 0 Å². The maximum Gasteiger partial charge on any atom is 0.196 e. The highest BCUT2D eigenvalue weighted by Crippen LogP contribution is 2.25. The molecule has 0 heterocycles. The third kappa shape index (κ3) is 3.20. The minimum absolute atomic E-state index is 0.0449. The quantitative estimate of drug-likeness (QED) is 0.756. The summed E-state index contributed by atoms with van der Waals surface area (Å²) in [7, 11) is 1.54. The summed E-state index contributed by atoms with van der Waals surface area (Å²) in [5.41, 5.74) is 2.38. The van der Waals surface area contributed by atoms with Crippen LogP contribution in [0, 0.1) is 0 Å². The summed E-state index contributed by atoms with van der Waals surface area (Å²) in [6, 6.07) is 12.8. The molecular weight excluding hydrogens is 272 g/mol. The molecular formula is C17H17ClO2. The fraction of sp³-hybridized carbons (Fsp3) is 0.235. The van der Waals surface area contributed by atoms with Crippen LogP contribution in [0.2, 0.25) is 5.02 Å². The molecule has 2 aromatic rings. The van der Waals surface area contributed by atoms with Gasteiger partial charge in [0.05, 0.1) is 12.7 Å². The zero-order valence-corrected chi connectivity index (χ0v) is 12.4. The van der Waals surface area contributed by atoms with Crippen LogP contribution < -0.4 is 4.74 Å². The Kier molecular flexibility index (Phi) is 4.80. The van der Waals surface area contributed by atoms with Crippen molar-refractivity contribution < 1.29 is 9.53 Å². The van der Waals surface area contributed by atoms with Gasteiger partial charge in [0.2, 0.25) is 0 Å². The molecule has 0 atom stereocenters. The Morgan fingerprint density at radius 3 is 2.70 bits per heavy atom. The highest BCUT2D eigenvalue weighted by Gasteiger charge is 2.15. The van der Waals surface area contributed by atoms with Crippen LogP contribution in [0.4, 0.5) is 0 Å². The van der Waals surface area contributed by atoms with Gasteiger partial charge in [-0.1, -0.05) is 43.1 Å². The Hall–Kier alpha value is -1.80. The van der Waals surface area contributed by atoms with E-state index in [1.165, 1.54) is 12.7 Å². The third-order valence-electron chi connectivity index (χ3n) is 3.14. The summed E-state index contributed by atoms with van der Waals surface area (Å²) in [6.45, 7) is 2.12. The fourth-order valence-corrected chi connectivity index (χ4v) is 2.33. The van der Waals surface area contributed by atoms with Gasteiger partial charge in [0.15, 0.2) is 5.78 Å². The summed E-state index contributed by atoms with van der Waals surface area (Å²) in [5.74, 6) is 0.458. The summed E-state index contributed by atoms with van der Waals surface area (Å²) in [5, 5.41) is 0.554. The molecule has 0 aliphatic heterocycles. The predicted octanol–water partition coefficient (Wildman–Crippen LogP) is 4.53. The number of ketones is 1. The first-order valence-electron chi connectivity index (χ1n) is 6.63. The Balaban J connectivity index is 2.38. The van der Waals surface area contributed by atoms with E-state index in [0.717, 1.165) is 12.8 Å². The largest absolute Gasteiger partial charge is 0.496 e. The smallest absolute Gasteiger partial charge is 0.196 e. The van der Waals surface area contributed by atoms with E-state index in [4.69, 9.17) is 16.3 Å². The number of ether oxygens (including phenoxy) is 1. The van der Waals surface area contributed by atoms with Gasteiger partial charge in [-0.05, 0) is 36.2 Å². The van der Waals surface area contributed by atoms with Gasteiger partial charge < -0.3 is 4.74 Å². The van der Waals surface area contributed by atoms with E-state index in [1.54, 1.807) is 18.2 Å². The van der Waals surface area contributed by atoms with Crippen molar-refractivity contribution in [2.24, 2.45) is 0 Å². The number of methoxy groups -OCH3 is 1. The van der Waals surface area contributed by atoms with Gasteiger partial charge in [-0.15, -0.1) is 0 Å². The number of hydrogen-bond acceptors (Lipinski definition) is 2. The zero-order chi connectivity index (χ0) is 14.5. The lowest BCUT2D eigenvalue weighted by Crippen LogP contribution is -2.04. The molecule has 0 aliphatic rings. The van der Waals surface area contributed by atoms with Crippen molar-refractivity contribution in [2.75, 3.05) is 7.11 Å². The molecule has 0 spiro atoms. The van der Waals surface area contributed by atoms with Crippen LogP contribution in [0.15, 0.2) is 42.5 Å². The van der Waals surface area contributed by atoms with Crippen molar-refractivity contribution in [3.63, 3.8) is 0 Å². The van der Waals surface area contributed by atoms with Crippen molar-refractivity contribution in [2.45, 2.75) is 19.8 Å². The molecule has 0 aliphatic carbocycles. The van der Waals surface area contributed by atoms with Crippen LogP contribution in [0.5, 0.6) is 5.75 Å². The number of halogens is 1. The summed E-state index contributed by atoms with van der Waals surface area (Å²) < 4.78 is 5.24. The number of carbonyl (C=O) groups excluding carboxylic acids is 1. The second-order valence-corrected chi connectivity index (χ2v) is 5.06. The van der Waals surface area contributed by atoms with E-state index in [1.807, 2.05) is 24.3 Å².